The average Bonchev–Trinajstić information content (AvgIpc) is 2.74. The van der Waals surface area contributed by atoms with Gasteiger partial charge in [-0.15, -0.1) is 0 Å². The molecule has 1 aliphatic rings. The molecule has 4 nitrogen and oxygen atoms in total. The van der Waals surface area contributed by atoms with Crippen LogP contribution >= 0.6 is 0 Å². The van der Waals surface area contributed by atoms with Gasteiger partial charge in [0, 0.05) is 17.8 Å². The highest BCUT2D eigenvalue weighted by atomic mass is 16.4. The van der Waals surface area contributed by atoms with E-state index < -0.39 is 5.97 Å². The fraction of sp³-hybridized carbons (Fsp3) is 0.571. The van der Waals surface area contributed by atoms with E-state index in [1.54, 1.807) is 10.8 Å². The van der Waals surface area contributed by atoms with Gasteiger partial charge in [-0.2, -0.15) is 0 Å². The number of carboxylic acids is 1. The molecule has 1 aromatic rings. The smallest absolute Gasteiger partial charge is 0.352 e. The van der Waals surface area contributed by atoms with E-state index in [9.17, 15) is 14.7 Å². The minimum Gasteiger partial charge on any atom is -0.477 e. The normalized spacial score (nSPS) is 23.9. The van der Waals surface area contributed by atoms with Crippen LogP contribution in [0, 0.1) is 5.92 Å². The van der Waals surface area contributed by atoms with Gasteiger partial charge in [-0.3, -0.25) is 4.79 Å². The molecular formula is C14H19NO3. The first-order valence-corrected chi connectivity index (χ1v) is 6.47. The summed E-state index contributed by atoms with van der Waals surface area (Å²) in [5, 5.41) is 9.25. The third-order valence-corrected chi connectivity index (χ3v) is 3.90. The summed E-state index contributed by atoms with van der Waals surface area (Å²) in [4.78, 5) is 22.7. The molecule has 0 bridgehead atoms. The second-order valence-corrected chi connectivity index (χ2v) is 5.21. The molecule has 0 aromatic carbocycles. The lowest BCUT2D eigenvalue weighted by Gasteiger charge is -2.31. The number of nitrogens with zero attached hydrogens (tertiary/aromatic N) is 1. The molecule has 1 saturated carbocycles. The van der Waals surface area contributed by atoms with E-state index in [0.717, 1.165) is 19.3 Å². The summed E-state index contributed by atoms with van der Waals surface area (Å²) >= 11 is 0. The van der Waals surface area contributed by atoms with Crippen molar-refractivity contribution in [2.24, 2.45) is 5.92 Å². The Labute approximate surface area is 107 Å². The summed E-state index contributed by atoms with van der Waals surface area (Å²) < 4.78 is 1.79. The van der Waals surface area contributed by atoms with Crippen LogP contribution in [0.2, 0.25) is 0 Å². The SMILES string of the molecule is CC(=O)c1cc(C(=O)O)n(C2CCCCC2C)c1. The average molecular weight is 249 g/mol. The zero-order valence-electron chi connectivity index (χ0n) is 10.8. The van der Waals surface area contributed by atoms with E-state index >= 15 is 0 Å². The molecule has 1 N–H and O–H groups in total. The predicted molar refractivity (Wildman–Crippen MR) is 68.1 cm³/mol. The monoisotopic (exact) mass is 249 g/mol. The minimum atomic E-state index is -0.958. The second-order valence-electron chi connectivity index (χ2n) is 5.21. The number of ketones is 1. The molecule has 1 fully saturated rings. The number of hydrogen-bond acceptors (Lipinski definition) is 2. The molecule has 4 heteroatoms. The third kappa shape index (κ3) is 2.33. The number of aromatic carboxylic acids is 1. The van der Waals surface area contributed by atoms with Crippen molar-refractivity contribution < 1.29 is 14.7 Å². The number of aromatic nitrogens is 1. The highest BCUT2D eigenvalue weighted by molar-refractivity contribution is 5.97. The number of hydrogen-bond donors (Lipinski definition) is 1. The first-order valence-electron chi connectivity index (χ1n) is 6.47. The quantitative estimate of drug-likeness (QED) is 0.837. The molecule has 0 spiro atoms. The van der Waals surface area contributed by atoms with E-state index in [0.29, 0.717) is 11.5 Å². The first-order chi connectivity index (χ1) is 8.50. The van der Waals surface area contributed by atoms with Crippen molar-refractivity contribution in [1.29, 1.82) is 0 Å². The Hall–Kier alpha value is -1.58. The van der Waals surface area contributed by atoms with E-state index in [2.05, 4.69) is 6.92 Å². The largest absolute Gasteiger partial charge is 0.477 e. The van der Waals surface area contributed by atoms with Crippen molar-refractivity contribution in [1.82, 2.24) is 4.57 Å². The molecule has 2 atom stereocenters. The highest BCUT2D eigenvalue weighted by Crippen LogP contribution is 2.35. The molecule has 2 unspecified atom stereocenters. The number of rotatable bonds is 3. The Kier molecular flexibility index (Phi) is 3.55. The van der Waals surface area contributed by atoms with Crippen LogP contribution in [0.25, 0.3) is 0 Å². The Bertz CT molecular complexity index is 475. The van der Waals surface area contributed by atoms with Crippen LogP contribution in [-0.2, 0) is 0 Å². The lowest BCUT2D eigenvalue weighted by atomic mass is 9.85. The summed E-state index contributed by atoms with van der Waals surface area (Å²) in [5.74, 6) is -0.580. The van der Waals surface area contributed by atoms with Gasteiger partial charge in [0.25, 0.3) is 0 Å². The molecule has 1 heterocycles. The molecule has 1 aliphatic carbocycles. The zero-order chi connectivity index (χ0) is 13.3. The highest BCUT2D eigenvalue weighted by Gasteiger charge is 2.27. The van der Waals surface area contributed by atoms with E-state index in [-0.39, 0.29) is 17.5 Å². The predicted octanol–water partition coefficient (Wildman–Crippen LogP) is 3.14. The van der Waals surface area contributed by atoms with Crippen molar-refractivity contribution in [2.75, 3.05) is 0 Å². The fourth-order valence-corrected chi connectivity index (χ4v) is 2.83. The fourth-order valence-electron chi connectivity index (χ4n) is 2.83. The Balaban J connectivity index is 2.41. The topological polar surface area (TPSA) is 59.3 Å². The molecular weight excluding hydrogens is 230 g/mol. The lowest BCUT2D eigenvalue weighted by molar-refractivity contribution is 0.0677. The van der Waals surface area contributed by atoms with E-state index in [1.165, 1.54) is 19.4 Å². The lowest BCUT2D eigenvalue weighted by Crippen LogP contribution is -2.23. The second kappa shape index (κ2) is 4.96. The maximum atomic E-state index is 11.4. The Morgan fingerprint density at radius 2 is 2.00 bits per heavy atom. The van der Waals surface area contributed by atoms with Gasteiger partial charge in [-0.1, -0.05) is 19.8 Å². The molecule has 0 radical (unpaired) electrons. The summed E-state index contributed by atoms with van der Waals surface area (Å²) in [6.07, 6.45) is 6.16. The van der Waals surface area contributed by atoms with Crippen LogP contribution in [0.5, 0.6) is 0 Å². The van der Waals surface area contributed by atoms with Gasteiger partial charge < -0.3 is 9.67 Å². The van der Waals surface area contributed by atoms with Crippen LogP contribution in [0.4, 0.5) is 0 Å². The molecule has 0 aliphatic heterocycles. The number of Topliss-reactive ketones (excluding diaryl/α,β-unsaturated/α-hetero) is 1. The molecule has 0 saturated heterocycles. The molecule has 98 valence electrons. The number of carboxylic acid groups (broad SMARTS) is 1. The number of carbonyl (C=O) groups excluding carboxylic acids is 1. The van der Waals surface area contributed by atoms with Gasteiger partial charge in [-0.05, 0) is 31.7 Å². The first kappa shape index (κ1) is 12.9. The molecule has 18 heavy (non-hydrogen) atoms. The van der Waals surface area contributed by atoms with Crippen LogP contribution in [0.15, 0.2) is 12.3 Å². The molecule has 1 aromatic heterocycles. The van der Waals surface area contributed by atoms with E-state index in [1.807, 2.05) is 0 Å². The maximum Gasteiger partial charge on any atom is 0.352 e. The summed E-state index contributed by atoms with van der Waals surface area (Å²) in [6.45, 7) is 3.62. The zero-order valence-corrected chi connectivity index (χ0v) is 10.8. The summed E-state index contributed by atoms with van der Waals surface area (Å²) in [6, 6.07) is 1.70. The van der Waals surface area contributed by atoms with Gasteiger partial charge >= 0.3 is 5.97 Å². The van der Waals surface area contributed by atoms with Gasteiger partial charge in [0.2, 0.25) is 0 Å². The minimum absolute atomic E-state index is 0.0836. The van der Waals surface area contributed by atoms with E-state index in [4.69, 9.17) is 0 Å². The van der Waals surface area contributed by atoms with Gasteiger partial charge in [-0.25, -0.2) is 4.79 Å². The van der Waals surface area contributed by atoms with Crippen molar-refractivity contribution in [3.8, 4) is 0 Å². The Morgan fingerprint density at radius 1 is 1.33 bits per heavy atom. The maximum absolute atomic E-state index is 11.4. The Morgan fingerprint density at radius 3 is 2.56 bits per heavy atom. The van der Waals surface area contributed by atoms with Crippen molar-refractivity contribution >= 4 is 11.8 Å². The van der Waals surface area contributed by atoms with Gasteiger partial charge in [0.15, 0.2) is 5.78 Å². The van der Waals surface area contributed by atoms with Gasteiger partial charge in [0.1, 0.15) is 5.69 Å². The van der Waals surface area contributed by atoms with Crippen LogP contribution in [0.1, 0.15) is 66.4 Å². The molecule has 0 amide bonds. The molecule has 2 rings (SSSR count). The standard InChI is InChI=1S/C14H19NO3/c1-9-5-3-4-6-12(9)15-8-11(10(2)16)7-13(15)14(17)18/h7-9,12H,3-6H2,1-2H3,(H,17,18). The number of carbonyl (C=O) groups is 2. The summed E-state index contributed by atoms with van der Waals surface area (Å²) in [5.41, 5.74) is 0.726. The third-order valence-electron chi connectivity index (χ3n) is 3.90. The van der Waals surface area contributed by atoms with Gasteiger partial charge in [0.05, 0.1) is 0 Å². The van der Waals surface area contributed by atoms with Crippen LogP contribution in [0.3, 0.4) is 0 Å². The summed E-state index contributed by atoms with van der Waals surface area (Å²) in [7, 11) is 0. The van der Waals surface area contributed by atoms with Crippen LogP contribution < -0.4 is 0 Å². The van der Waals surface area contributed by atoms with Crippen molar-refractivity contribution in [3.05, 3.63) is 23.5 Å². The van der Waals surface area contributed by atoms with Crippen LogP contribution in [-0.4, -0.2) is 21.4 Å². The van der Waals surface area contributed by atoms with Crippen molar-refractivity contribution in [3.63, 3.8) is 0 Å². The van der Waals surface area contributed by atoms with Crippen molar-refractivity contribution in [2.45, 2.75) is 45.6 Å².